The highest BCUT2D eigenvalue weighted by atomic mass is 19.1. The monoisotopic (exact) mass is 367 g/mol. The normalized spacial score (nSPS) is 19.2. The van der Waals surface area contributed by atoms with Gasteiger partial charge in [0.25, 0.3) is 0 Å². The number of carbonyl (C=O) groups is 1. The van der Waals surface area contributed by atoms with Gasteiger partial charge in [-0.25, -0.2) is 4.39 Å². The Bertz CT molecular complexity index is 996. The molecule has 0 bridgehead atoms. The van der Waals surface area contributed by atoms with Crippen LogP contribution in [0.1, 0.15) is 37.4 Å². The summed E-state index contributed by atoms with van der Waals surface area (Å²) in [5.41, 5.74) is 3.15. The van der Waals surface area contributed by atoms with Crippen LogP contribution in [0.4, 0.5) is 4.39 Å². The van der Waals surface area contributed by atoms with E-state index in [9.17, 15) is 14.3 Å². The van der Waals surface area contributed by atoms with Crippen LogP contribution in [0.2, 0.25) is 0 Å². The first kappa shape index (κ1) is 17.7. The molecule has 1 atom stereocenters. The summed E-state index contributed by atoms with van der Waals surface area (Å²) < 4.78 is 20.7. The van der Waals surface area contributed by atoms with Crippen molar-refractivity contribution in [3.05, 3.63) is 59.5 Å². The van der Waals surface area contributed by atoms with Gasteiger partial charge in [0, 0.05) is 5.39 Å². The van der Waals surface area contributed by atoms with E-state index in [1.807, 2.05) is 37.3 Å². The van der Waals surface area contributed by atoms with Crippen molar-refractivity contribution in [3.8, 4) is 11.1 Å². The number of H-pyrrole nitrogens is 1. The van der Waals surface area contributed by atoms with Crippen molar-refractivity contribution in [1.82, 2.24) is 4.98 Å². The van der Waals surface area contributed by atoms with Crippen LogP contribution in [0.5, 0.6) is 0 Å². The molecule has 0 spiro atoms. The maximum atomic E-state index is 14.7. The molecule has 5 heteroatoms. The number of carboxylic acids is 1. The number of aliphatic carboxylic acids is 1. The lowest BCUT2D eigenvalue weighted by Gasteiger charge is -2.36. The third-order valence-corrected chi connectivity index (χ3v) is 5.37. The zero-order valence-electron chi connectivity index (χ0n) is 15.2. The molecule has 4 nitrogen and oxygen atoms in total. The quantitative estimate of drug-likeness (QED) is 0.666. The average Bonchev–Trinajstić information content (AvgIpc) is 3.05. The first-order chi connectivity index (χ1) is 13.1. The molecule has 1 unspecified atom stereocenters. The smallest absolute Gasteiger partial charge is 0.306 e. The molecule has 1 aliphatic heterocycles. The fourth-order valence-electron chi connectivity index (χ4n) is 4.33. The molecule has 0 fully saturated rings. The molecule has 0 saturated carbocycles. The fourth-order valence-corrected chi connectivity index (χ4v) is 4.33. The lowest BCUT2D eigenvalue weighted by Crippen LogP contribution is -2.37. The minimum absolute atomic E-state index is 0.136. The lowest BCUT2D eigenvalue weighted by molar-refractivity contribution is -0.149. The Morgan fingerprint density at radius 1 is 1.26 bits per heavy atom. The summed E-state index contributed by atoms with van der Waals surface area (Å²) in [6.45, 7) is 2.43. The SMILES string of the molecule is CCCC1(CC(=O)O)OCCc2c1[nH]c1c(F)ccc(-c3ccccc3)c21. The van der Waals surface area contributed by atoms with E-state index in [1.165, 1.54) is 6.07 Å². The summed E-state index contributed by atoms with van der Waals surface area (Å²) in [6, 6.07) is 13.1. The maximum Gasteiger partial charge on any atom is 0.306 e. The van der Waals surface area contributed by atoms with Gasteiger partial charge in [-0.05, 0) is 35.6 Å². The van der Waals surface area contributed by atoms with Gasteiger partial charge in [-0.1, -0.05) is 49.7 Å². The van der Waals surface area contributed by atoms with Crippen molar-refractivity contribution >= 4 is 16.9 Å². The van der Waals surface area contributed by atoms with Crippen LogP contribution in [0, 0.1) is 5.82 Å². The van der Waals surface area contributed by atoms with Crippen LogP contribution >= 0.6 is 0 Å². The first-order valence-electron chi connectivity index (χ1n) is 9.30. The lowest BCUT2D eigenvalue weighted by atomic mass is 9.84. The summed E-state index contributed by atoms with van der Waals surface area (Å²) >= 11 is 0. The minimum atomic E-state index is -0.937. The van der Waals surface area contributed by atoms with Crippen molar-refractivity contribution in [2.75, 3.05) is 6.61 Å². The average molecular weight is 367 g/mol. The van der Waals surface area contributed by atoms with Crippen molar-refractivity contribution in [2.24, 2.45) is 0 Å². The summed E-state index contributed by atoms with van der Waals surface area (Å²) in [5.74, 6) is -1.25. The van der Waals surface area contributed by atoms with Gasteiger partial charge in [0.15, 0.2) is 0 Å². The van der Waals surface area contributed by atoms with Gasteiger partial charge in [0.2, 0.25) is 0 Å². The summed E-state index contributed by atoms with van der Waals surface area (Å²) in [7, 11) is 0. The van der Waals surface area contributed by atoms with E-state index in [-0.39, 0.29) is 12.2 Å². The van der Waals surface area contributed by atoms with Gasteiger partial charge >= 0.3 is 5.97 Å². The number of ether oxygens (including phenoxy) is 1. The molecule has 0 aliphatic carbocycles. The Balaban J connectivity index is 2.00. The second-order valence-corrected chi connectivity index (χ2v) is 7.10. The van der Waals surface area contributed by atoms with E-state index in [0.717, 1.165) is 34.2 Å². The molecule has 27 heavy (non-hydrogen) atoms. The topological polar surface area (TPSA) is 62.3 Å². The van der Waals surface area contributed by atoms with Gasteiger partial charge in [-0.3, -0.25) is 4.79 Å². The van der Waals surface area contributed by atoms with Crippen LogP contribution < -0.4 is 0 Å². The van der Waals surface area contributed by atoms with E-state index in [4.69, 9.17) is 4.74 Å². The predicted molar refractivity (Wildman–Crippen MR) is 102 cm³/mol. The molecule has 2 heterocycles. The third-order valence-electron chi connectivity index (χ3n) is 5.37. The Morgan fingerprint density at radius 2 is 2.04 bits per heavy atom. The molecule has 140 valence electrons. The van der Waals surface area contributed by atoms with E-state index >= 15 is 0 Å². The second-order valence-electron chi connectivity index (χ2n) is 7.10. The maximum absolute atomic E-state index is 14.7. The van der Waals surface area contributed by atoms with Gasteiger partial charge < -0.3 is 14.8 Å². The number of halogens is 1. The predicted octanol–water partition coefficient (Wildman–Crippen LogP) is 5.02. The number of rotatable bonds is 5. The molecule has 0 saturated heterocycles. The number of aromatic amines is 1. The number of hydrogen-bond acceptors (Lipinski definition) is 2. The molecule has 4 rings (SSSR count). The Labute approximate surface area is 157 Å². The van der Waals surface area contributed by atoms with Crippen LogP contribution in [-0.4, -0.2) is 22.7 Å². The number of benzene rings is 2. The van der Waals surface area contributed by atoms with Crippen LogP contribution in [0.15, 0.2) is 42.5 Å². The van der Waals surface area contributed by atoms with Gasteiger partial charge in [0.1, 0.15) is 11.4 Å². The number of carboxylic acid groups (broad SMARTS) is 1. The van der Waals surface area contributed by atoms with Crippen molar-refractivity contribution < 1.29 is 19.0 Å². The van der Waals surface area contributed by atoms with Crippen molar-refractivity contribution in [3.63, 3.8) is 0 Å². The number of aromatic nitrogens is 1. The largest absolute Gasteiger partial charge is 0.481 e. The number of nitrogens with one attached hydrogen (secondary N) is 1. The zero-order chi connectivity index (χ0) is 19.0. The third kappa shape index (κ3) is 2.92. The highest BCUT2D eigenvalue weighted by molar-refractivity contribution is 5.99. The van der Waals surface area contributed by atoms with Crippen LogP contribution in [0.25, 0.3) is 22.0 Å². The molecule has 1 aromatic heterocycles. The van der Waals surface area contributed by atoms with E-state index in [0.29, 0.717) is 25.0 Å². The van der Waals surface area contributed by atoms with Gasteiger partial charge in [-0.2, -0.15) is 0 Å². The Hall–Kier alpha value is -2.66. The van der Waals surface area contributed by atoms with Crippen molar-refractivity contribution in [2.45, 2.75) is 38.2 Å². The van der Waals surface area contributed by atoms with E-state index in [1.54, 1.807) is 6.07 Å². The first-order valence-corrected chi connectivity index (χ1v) is 9.30. The van der Waals surface area contributed by atoms with Gasteiger partial charge in [0.05, 0.1) is 24.2 Å². The second kappa shape index (κ2) is 6.82. The molecule has 2 aromatic carbocycles. The molecule has 3 aromatic rings. The minimum Gasteiger partial charge on any atom is -0.481 e. The number of hydrogen-bond donors (Lipinski definition) is 2. The Kier molecular flexibility index (Phi) is 4.48. The zero-order valence-corrected chi connectivity index (χ0v) is 15.2. The van der Waals surface area contributed by atoms with Crippen molar-refractivity contribution in [1.29, 1.82) is 0 Å². The fraction of sp³-hybridized carbons (Fsp3) is 0.318. The van der Waals surface area contributed by atoms with Gasteiger partial charge in [-0.15, -0.1) is 0 Å². The molecular weight excluding hydrogens is 345 g/mol. The highest BCUT2D eigenvalue weighted by Gasteiger charge is 2.42. The highest BCUT2D eigenvalue weighted by Crippen LogP contribution is 2.45. The molecule has 2 N–H and O–H groups in total. The summed E-state index contributed by atoms with van der Waals surface area (Å²) in [5, 5.41) is 10.3. The molecule has 0 radical (unpaired) electrons. The summed E-state index contributed by atoms with van der Waals surface area (Å²) in [6.07, 6.45) is 1.84. The standard InChI is InChI=1S/C22H22FNO3/c1-2-11-22(13-18(25)26)21-16(10-12-27-22)19-15(14-6-4-3-5-7-14)8-9-17(23)20(19)24-21/h3-9,24H,2,10-13H2,1H3,(H,25,26). The summed E-state index contributed by atoms with van der Waals surface area (Å²) in [4.78, 5) is 14.8. The molecule has 0 amide bonds. The molecule has 1 aliphatic rings. The van der Waals surface area contributed by atoms with E-state index < -0.39 is 11.6 Å². The van der Waals surface area contributed by atoms with Crippen LogP contribution in [0.3, 0.4) is 0 Å². The van der Waals surface area contributed by atoms with E-state index in [2.05, 4.69) is 4.98 Å². The Morgan fingerprint density at radius 3 is 2.74 bits per heavy atom. The van der Waals surface area contributed by atoms with Crippen LogP contribution in [-0.2, 0) is 21.6 Å². The number of fused-ring (bicyclic) bond motifs is 3. The molecular formula is C22H22FNO3.